The summed E-state index contributed by atoms with van der Waals surface area (Å²) in [7, 11) is 0. The molecule has 33 heavy (non-hydrogen) atoms. The predicted molar refractivity (Wildman–Crippen MR) is 115 cm³/mol. The van der Waals surface area contributed by atoms with Gasteiger partial charge in [0.25, 0.3) is 5.91 Å². The summed E-state index contributed by atoms with van der Waals surface area (Å²) in [5, 5.41) is 3.92. The van der Waals surface area contributed by atoms with Gasteiger partial charge in [0.15, 0.2) is 6.17 Å². The number of likely N-dealkylation sites (tertiary alicyclic amines) is 1. The Labute approximate surface area is 191 Å². The number of aromatic nitrogens is 1. The normalized spacial score (nSPS) is 21.3. The number of hydrogen-bond acceptors (Lipinski definition) is 6. The summed E-state index contributed by atoms with van der Waals surface area (Å²) in [6.07, 6.45) is -7.06. The number of ether oxygens (including phenoxy) is 1. The summed E-state index contributed by atoms with van der Waals surface area (Å²) < 4.78 is 61.3. The largest absolute Gasteiger partial charge is 0.443 e. The Bertz CT molecular complexity index is 1050. The lowest BCUT2D eigenvalue weighted by atomic mass is 10.1. The molecular formula is C21H24F4N4O3S. The van der Waals surface area contributed by atoms with Crippen LogP contribution in [0.15, 0.2) is 11.4 Å². The number of amides is 2. The Balaban J connectivity index is 1.61. The van der Waals surface area contributed by atoms with Gasteiger partial charge in [-0.2, -0.15) is 13.2 Å². The van der Waals surface area contributed by atoms with Gasteiger partial charge in [-0.15, -0.1) is 11.3 Å². The third-order valence-corrected chi connectivity index (χ3v) is 6.66. The molecule has 180 valence electrons. The Hall–Kier alpha value is -2.63. The number of pyridine rings is 1. The van der Waals surface area contributed by atoms with Crippen LogP contribution in [0.3, 0.4) is 0 Å². The van der Waals surface area contributed by atoms with E-state index >= 15 is 0 Å². The molecule has 2 saturated heterocycles. The molecule has 0 unspecified atom stereocenters. The highest BCUT2D eigenvalue weighted by molar-refractivity contribution is 7.17. The molecule has 2 aromatic heterocycles. The number of carbonyl (C=O) groups is 2. The third-order valence-electron chi connectivity index (χ3n) is 5.66. The zero-order valence-electron chi connectivity index (χ0n) is 18.1. The minimum absolute atomic E-state index is 0.0215. The molecule has 2 aromatic rings. The molecule has 7 nitrogen and oxygen atoms in total. The van der Waals surface area contributed by atoms with Crippen molar-refractivity contribution < 1.29 is 31.9 Å². The average molecular weight is 489 g/mol. The van der Waals surface area contributed by atoms with Crippen LogP contribution in [0.1, 0.15) is 42.6 Å². The molecule has 0 radical (unpaired) electrons. The molecule has 2 aliphatic heterocycles. The monoisotopic (exact) mass is 488 g/mol. The maximum atomic E-state index is 14.8. The summed E-state index contributed by atoms with van der Waals surface area (Å²) in [5.74, 6) is -0.407. The molecular weight excluding hydrogens is 464 g/mol. The third kappa shape index (κ3) is 4.85. The van der Waals surface area contributed by atoms with E-state index in [-0.39, 0.29) is 53.1 Å². The van der Waals surface area contributed by atoms with Crippen LogP contribution in [0.4, 0.5) is 28.2 Å². The molecule has 4 heterocycles. The van der Waals surface area contributed by atoms with Crippen molar-refractivity contribution in [3.05, 3.63) is 22.6 Å². The molecule has 2 atom stereocenters. The van der Waals surface area contributed by atoms with E-state index in [0.717, 1.165) is 23.8 Å². The average Bonchev–Trinajstić information content (AvgIpc) is 3.10. The van der Waals surface area contributed by atoms with E-state index in [1.807, 2.05) is 0 Å². The van der Waals surface area contributed by atoms with Crippen molar-refractivity contribution in [1.82, 2.24) is 15.2 Å². The lowest BCUT2D eigenvalue weighted by molar-refractivity contribution is -0.136. The van der Waals surface area contributed by atoms with Crippen LogP contribution in [-0.2, 0) is 10.9 Å². The van der Waals surface area contributed by atoms with Gasteiger partial charge in [-0.25, -0.2) is 14.2 Å². The number of nitrogens with one attached hydrogen (secondary N) is 1. The molecule has 2 amide bonds. The molecule has 2 fully saturated rings. The van der Waals surface area contributed by atoms with Crippen LogP contribution in [0.25, 0.3) is 10.2 Å². The molecule has 1 N–H and O–H groups in total. The highest BCUT2D eigenvalue weighted by atomic mass is 32.1. The van der Waals surface area contributed by atoms with Crippen molar-refractivity contribution in [2.75, 3.05) is 31.1 Å². The van der Waals surface area contributed by atoms with Crippen molar-refractivity contribution in [3.63, 3.8) is 0 Å². The highest BCUT2D eigenvalue weighted by Gasteiger charge is 2.38. The Morgan fingerprint density at radius 3 is 2.58 bits per heavy atom. The Kier molecular flexibility index (Phi) is 6.39. The van der Waals surface area contributed by atoms with Crippen molar-refractivity contribution in [1.29, 1.82) is 0 Å². The molecule has 0 spiro atoms. The Morgan fingerprint density at radius 2 is 2.00 bits per heavy atom. The van der Waals surface area contributed by atoms with Gasteiger partial charge in [0.05, 0.1) is 27.9 Å². The predicted octanol–water partition coefficient (Wildman–Crippen LogP) is 4.21. The fourth-order valence-electron chi connectivity index (χ4n) is 3.84. The number of nitrogens with zero attached hydrogens (tertiary/aromatic N) is 3. The highest BCUT2D eigenvalue weighted by Crippen LogP contribution is 2.41. The summed E-state index contributed by atoms with van der Waals surface area (Å²) in [5.41, 5.74) is -0.797. The number of halogens is 4. The molecule has 0 bridgehead atoms. The van der Waals surface area contributed by atoms with Gasteiger partial charge in [-0.1, -0.05) is 0 Å². The zero-order chi connectivity index (χ0) is 23.9. The van der Waals surface area contributed by atoms with Crippen molar-refractivity contribution >= 4 is 39.4 Å². The first-order chi connectivity index (χ1) is 15.5. The standard InChI is InChI=1S/C21H24F4N4O3S/c1-11(2)26-20(31)32-15-4-7-29(9-14(15)22)16-8-13(21(23,24)25)18-17(27-16)12(10-33-18)19(30)28-5-3-6-28/h8,10-11,14-15H,3-7,9H2,1-2H3,(H,26,31)/t14-,15-/m1/s1. The smallest absolute Gasteiger partial charge is 0.417 e. The Morgan fingerprint density at radius 1 is 1.27 bits per heavy atom. The van der Waals surface area contributed by atoms with E-state index in [1.165, 1.54) is 10.3 Å². The van der Waals surface area contributed by atoms with Crippen LogP contribution in [-0.4, -0.2) is 66.4 Å². The quantitative estimate of drug-likeness (QED) is 0.653. The van der Waals surface area contributed by atoms with Gasteiger partial charge in [-0.05, 0) is 26.3 Å². The van der Waals surface area contributed by atoms with Gasteiger partial charge in [0, 0.05) is 37.5 Å². The second-order valence-corrected chi connectivity index (χ2v) is 9.37. The van der Waals surface area contributed by atoms with E-state index < -0.39 is 30.1 Å². The minimum Gasteiger partial charge on any atom is -0.443 e. The van der Waals surface area contributed by atoms with E-state index in [0.29, 0.717) is 13.1 Å². The van der Waals surface area contributed by atoms with Gasteiger partial charge in [-0.3, -0.25) is 4.79 Å². The van der Waals surface area contributed by atoms with Gasteiger partial charge in [0.2, 0.25) is 0 Å². The number of anilines is 1. The van der Waals surface area contributed by atoms with E-state index in [4.69, 9.17) is 4.74 Å². The molecule has 2 aliphatic rings. The number of alkyl halides is 4. The van der Waals surface area contributed by atoms with Crippen molar-refractivity contribution in [2.45, 2.75) is 51.2 Å². The molecule has 4 rings (SSSR count). The topological polar surface area (TPSA) is 74.8 Å². The second-order valence-electron chi connectivity index (χ2n) is 8.49. The van der Waals surface area contributed by atoms with Crippen LogP contribution in [0.2, 0.25) is 0 Å². The number of alkyl carbamates (subject to hydrolysis) is 1. The first-order valence-corrected chi connectivity index (χ1v) is 11.6. The zero-order valence-corrected chi connectivity index (χ0v) is 18.9. The van der Waals surface area contributed by atoms with Gasteiger partial charge >= 0.3 is 12.3 Å². The van der Waals surface area contributed by atoms with Crippen LogP contribution < -0.4 is 10.2 Å². The first-order valence-electron chi connectivity index (χ1n) is 10.7. The number of fused-ring (bicyclic) bond motifs is 1. The van der Waals surface area contributed by atoms with Gasteiger partial charge < -0.3 is 19.9 Å². The summed E-state index contributed by atoms with van der Waals surface area (Å²) in [6, 6.07) is 0.724. The van der Waals surface area contributed by atoms with E-state index in [9.17, 15) is 27.2 Å². The SMILES string of the molecule is CC(C)NC(=O)O[C@@H]1CCN(c2cc(C(F)(F)F)c3scc(C(=O)N4CCC4)c3n2)C[C@H]1F. The second kappa shape index (κ2) is 8.96. The molecule has 0 saturated carbocycles. The molecule has 12 heteroatoms. The van der Waals surface area contributed by atoms with E-state index in [2.05, 4.69) is 10.3 Å². The van der Waals surface area contributed by atoms with Gasteiger partial charge in [0.1, 0.15) is 11.9 Å². The fraction of sp³-hybridized carbons (Fsp3) is 0.571. The summed E-state index contributed by atoms with van der Waals surface area (Å²) >= 11 is 0.829. The number of piperidine rings is 1. The van der Waals surface area contributed by atoms with Crippen molar-refractivity contribution in [2.24, 2.45) is 0 Å². The first kappa shape index (κ1) is 23.5. The maximum absolute atomic E-state index is 14.8. The number of hydrogen-bond donors (Lipinski definition) is 1. The molecule has 0 aliphatic carbocycles. The van der Waals surface area contributed by atoms with E-state index in [1.54, 1.807) is 18.7 Å². The number of carbonyl (C=O) groups excluding carboxylic acids is 2. The van der Waals surface area contributed by atoms with Crippen LogP contribution >= 0.6 is 11.3 Å². The number of rotatable bonds is 4. The minimum atomic E-state index is -4.66. The van der Waals surface area contributed by atoms with Crippen LogP contribution in [0.5, 0.6) is 0 Å². The fourth-order valence-corrected chi connectivity index (χ4v) is 4.86. The van der Waals surface area contributed by atoms with Crippen molar-refractivity contribution in [3.8, 4) is 0 Å². The summed E-state index contributed by atoms with van der Waals surface area (Å²) in [4.78, 5) is 31.8. The van der Waals surface area contributed by atoms with Crippen LogP contribution in [0, 0.1) is 0 Å². The maximum Gasteiger partial charge on any atom is 0.417 e. The number of thiophene rings is 1. The summed E-state index contributed by atoms with van der Waals surface area (Å²) in [6.45, 7) is 4.46. The molecule has 0 aromatic carbocycles. The lowest BCUT2D eigenvalue weighted by Crippen LogP contribution is -2.48. The lowest BCUT2D eigenvalue weighted by Gasteiger charge is -2.35.